The summed E-state index contributed by atoms with van der Waals surface area (Å²) in [7, 11) is 0. The van der Waals surface area contributed by atoms with Crippen molar-refractivity contribution in [3.8, 4) is 0 Å². The predicted molar refractivity (Wildman–Crippen MR) is 78.7 cm³/mol. The van der Waals surface area contributed by atoms with Crippen LogP contribution in [0.25, 0.3) is 0 Å². The first-order valence-corrected chi connectivity index (χ1v) is 7.39. The number of anilines is 1. The van der Waals surface area contributed by atoms with Crippen molar-refractivity contribution in [1.82, 2.24) is 10.3 Å². The summed E-state index contributed by atoms with van der Waals surface area (Å²) in [4.78, 5) is 16.4. The van der Waals surface area contributed by atoms with E-state index in [0.717, 1.165) is 44.3 Å². The van der Waals surface area contributed by atoms with E-state index in [2.05, 4.69) is 15.6 Å². The summed E-state index contributed by atoms with van der Waals surface area (Å²) >= 11 is 0. The lowest BCUT2D eigenvalue weighted by Gasteiger charge is -2.22. The fourth-order valence-corrected chi connectivity index (χ4v) is 2.63. The minimum Gasteiger partial charge on any atom is -0.391 e. The van der Waals surface area contributed by atoms with Gasteiger partial charge in [-0.25, -0.2) is 0 Å². The lowest BCUT2D eigenvalue weighted by molar-refractivity contribution is 0.0819. The number of aliphatic hydroxyl groups is 1. The lowest BCUT2D eigenvalue weighted by atomic mass is 10.1. The molecule has 3 N–H and O–H groups in total. The number of nitrogens with one attached hydrogen (secondary N) is 2. The molecule has 5 nitrogen and oxygen atoms in total. The third-order valence-corrected chi connectivity index (χ3v) is 3.73. The highest BCUT2D eigenvalue weighted by Crippen LogP contribution is 2.19. The number of amides is 1. The number of aliphatic hydroxyl groups excluding tert-OH is 1. The number of hydrogen-bond donors (Lipinski definition) is 3. The Morgan fingerprint density at radius 3 is 3.00 bits per heavy atom. The fraction of sp³-hybridized carbons (Fsp3) is 0.600. The zero-order valence-corrected chi connectivity index (χ0v) is 11.9. The summed E-state index contributed by atoms with van der Waals surface area (Å²) < 4.78 is 0. The van der Waals surface area contributed by atoms with Gasteiger partial charge in [0.2, 0.25) is 0 Å². The number of carbonyl (C=O) groups excluding carboxylic acids is 1. The van der Waals surface area contributed by atoms with Crippen LogP contribution in [0.1, 0.15) is 49.4 Å². The molecule has 1 saturated carbocycles. The number of nitrogens with zero attached hydrogens (tertiary/aromatic N) is 1. The zero-order chi connectivity index (χ0) is 14.4. The Morgan fingerprint density at radius 1 is 1.40 bits per heavy atom. The Kier molecular flexibility index (Phi) is 5.35. The normalized spacial score (nSPS) is 22.9. The third-order valence-electron chi connectivity index (χ3n) is 3.73. The maximum atomic E-state index is 12.4. The number of aromatic nitrogens is 1. The number of pyridine rings is 1. The summed E-state index contributed by atoms with van der Waals surface area (Å²) in [6, 6.07) is 1.56. The van der Waals surface area contributed by atoms with Crippen molar-refractivity contribution in [2.45, 2.75) is 51.2 Å². The molecule has 1 aliphatic carbocycles. The Hall–Kier alpha value is -1.62. The van der Waals surface area contributed by atoms with E-state index in [-0.39, 0.29) is 11.9 Å². The maximum Gasteiger partial charge on any atom is 0.253 e. The van der Waals surface area contributed by atoms with Crippen molar-refractivity contribution in [1.29, 1.82) is 0 Å². The van der Waals surface area contributed by atoms with Crippen molar-refractivity contribution in [3.63, 3.8) is 0 Å². The molecular weight excluding hydrogens is 254 g/mol. The second-order valence-corrected chi connectivity index (χ2v) is 5.24. The largest absolute Gasteiger partial charge is 0.391 e. The molecule has 1 heterocycles. The van der Waals surface area contributed by atoms with Crippen LogP contribution in [-0.2, 0) is 0 Å². The molecule has 0 aliphatic heterocycles. The van der Waals surface area contributed by atoms with Crippen LogP contribution in [0.4, 0.5) is 5.69 Å². The molecule has 2 unspecified atom stereocenters. The highest BCUT2D eigenvalue weighted by atomic mass is 16.3. The van der Waals surface area contributed by atoms with E-state index in [9.17, 15) is 9.90 Å². The van der Waals surface area contributed by atoms with Gasteiger partial charge >= 0.3 is 0 Å². The van der Waals surface area contributed by atoms with Gasteiger partial charge in [0, 0.05) is 12.7 Å². The van der Waals surface area contributed by atoms with Gasteiger partial charge in [-0.3, -0.25) is 9.78 Å². The van der Waals surface area contributed by atoms with E-state index >= 15 is 0 Å². The molecule has 1 aromatic rings. The topological polar surface area (TPSA) is 74.2 Å². The van der Waals surface area contributed by atoms with Crippen molar-refractivity contribution in [2.75, 3.05) is 11.9 Å². The van der Waals surface area contributed by atoms with Gasteiger partial charge in [-0.1, -0.05) is 19.3 Å². The van der Waals surface area contributed by atoms with Gasteiger partial charge in [0.25, 0.3) is 5.91 Å². The first kappa shape index (κ1) is 14.8. The van der Waals surface area contributed by atoms with Crippen LogP contribution in [0.5, 0.6) is 0 Å². The van der Waals surface area contributed by atoms with Crippen LogP contribution in [0.15, 0.2) is 18.5 Å². The summed E-state index contributed by atoms with van der Waals surface area (Å²) in [5.74, 6) is -0.144. The second-order valence-electron chi connectivity index (χ2n) is 5.24. The number of rotatable bonds is 4. The van der Waals surface area contributed by atoms with Gasteiger partial charge in [0.1, 0.15) is 0 Å². The van der Waals surface area contributed by atoms with E-state index in [0.29, 0.717) is 5.56 Å². The van der Waals surface area contributed by atoms with Crippen LogP contribution in [0.3, 0.4) is 0 Å². The summed E-state index contributed by atoms with van der Waals surface area (Å²) in [6.45, 7) is 2.71. The SMILES string of the molecule is CCNc1cnccc1C(=O)NC1CCCCCC1O. The molecule has 2 rings (SSSR count). The maximum absolute atomic E-state index is 12.4. The zero-order valence-electron chi connectivity index (χ0n) is 11.9. The molecule has 2 atom stereocenters. The minimum absolute atomic E-state index is 0.144. The van der Waals surface area contributed by atoms with Crippen molar-refractivity contribution >= 4 is 11.6 Å². The molecule has 1 aliphatic rings. The molecule has 0 radical (unpaired) electrons. The Labute approximate surface area is 119 Å². The van der Waals surface area contributed by atoms with Crippen LogP contribution in [0, 0.1) is 0 Å². The molecule has 1 fully saturated rings. The molecule has 0 aromatic carbocycles. The molecule has 5 heteroatoms. The van der Waals surface area contributed by atoms with Gasteiger partial charge in [0.05, 0.1) is 29.6 Å². The van der Waals surface area contributed by atoms with Gasteiger partial charge < -0.3 is 15.7 Å². The van der Waals surface area contributed by atoms with Crippen molar-refractivity contribution in [3.05, 3.63) is 24.0 Å². The molecular formula is C15H23N3O2. The van der Waals surface area contributed by atoms with Gasteiger partial charge in [-0.15, -0.1) is 0 Å². The van der Waals surface area contributed by atoms with E-state index in [1.165, 1.54) is 0 Å². The highest BCUT2D eigenvalue weighted by molar-refractivity contribution is 5.99. The van der Waals surface area contributed by atoms with Crippen LogP contribution in [-0.4, -0.2) is 34.7 Å². The van der Waals surface area contributed by atoms with Gasteiger partial charge in [-0.05, 0) is 25.8 Å². The van der Waals surface area contributed by atoms with Crippen molar-refractivity contribution < 1.29 is 9.90 Å². The average Bonchev–Trinajstić information content (AvgIpc) is 2.65. The van der Waals surface area contributed by atoms with E-state index in [4.69, 9.17) is 0 Å². The number of hydrogen-bond acceptors (Lipinski definition) is 4. The summed E-state index contributed by atoms with van der Waals surface area (Å²) in [5.41, 5.74) is 1.31. The lowest BCUT2D eigenvalue weighted by Crippen LogP contribution is -2.42. The van der Waals surface area contributed by atoms with Crippen LogP contribution < -0.4 is 10.6 Å². The first-order valence-electron chi connectivity index (χ1n) is 7.39. The molecule has 110 valence electrons. The molecule has 1 aromatic heterocycles. The fourth-order valence-electron chi connectivity index (χ4n) is 2.63. The predicted octanol–water partition coefficient (Wildman–Crippen LogP) is 1.94. The average molecular weight is 277 g/mol. The smallest absolute Gasteiger partial charge is 0.253 e. The molecule has 20 heavy (non-hydrogen) atoms. The van der Waals surface area contributed by atoms with E-state index in [1.54, 1.807) is 18.5 Å². The molecule has 0 bridgehead atoms. The monoisotopic (exact) mass is 277 g/mol. The number of carbonyl (C=O) groups is 1. The van der Waals surface area contributed by atoms with Crippen molar-refractivity contribution in [2.24, 2.45) is 0 Å². The van der Waals surface area contributed by atoms with Crippen LogP contribution >= 0.6 is 0 Å². The molecule has 1 amide bonds. The summed E-state index contributed by atoms with van der Waals surface area (Å²) in [6.07, 6.45) is 7.65. The Morgan fingerprint density at radius 2 is 2.20 bits per heavy atom. The first-order chi connectivity index (χ1) is 9.72. The van der Waals surface area contributed by atoms with Gasteiger partial charge in [0.15, 0.2) is 0 Å². The van der Waals surface area contributed by atoms with E-state index < -0.39 is 6.10 Å². The third kappa shape index (κ3) is 3.70. The van der Waals surface area contributed by atoms with E-state index in [1.807, 2.05) is 6.92 Å². The Balaban J connectivity index is 2.07. The van der Waals surface area contributed by atoms with Gasteiger partial charge in [-0.2, -0.15) is 0 Å². The minimum atomic E-state index is -0.439. The molecule has 0 spiro atoms. The van der Waals surface area contributed by atoms with Crippen LogP contribution in [0.2, 0.25) is 0 Å². The highest BCUT2D eigenvalue weighted by Gasteiger charge is 2.24. The molecule has 0 saturated heterocycles. The Bertz CT molecular complexity index is 450. The summed E-state index contributed by atoms with van der Waals surface area (Å²) in [5, 5.41) is 16.2. The second kappa shape index (κ2) is 7.24. The standard InChI is InChI=1S/C15H23N3O2/c1-2-17-13-10-16-9-8-11(13)15(20)18-12-6-4-3-5-7-14(12)19/h8-10,12,14,17,19H,2-7H2,1H3,(H,18,20). The quantitative estimate of drug-likeness (QED) is 0.735.